The molecule has 2 heterocycles. The van der Waals surface area contributed by atoms with E-state index in [9.17, 15) is 18.3 Å². The van der Waals surface area contributed by atoms with Crippen LogP contribution in [0, 0.1) is 13.8 Å². The van der Waals surface area contributed by atoms with E-state index in [-0.39, 0.29) is 15.5 Å². The van der Waals surface area contributed by atoms with E-state index in [2.05, 4.69) is 4.72 Å². The summed E-state index contributed by atoms with van der Waals surface area (Å²) in [6.45, 7) is 3.58. The Bertz CT molecular complexity index is 1350. The molecule has 0 aliphatic carbocycles. The fourth-order valence-corrected chi connectivity index (χ4v) is 5.55. The van der Waals surface area contributed by atoms with Gasteiger partial charge in [0.05, 0.1) is 10.6 Å². The van der Waals surface area contributed by atoms with Gasteiger partial charge in [0.1, 0.15) is 16.7 Å². The Morgan fingerprint density at radius 3 is 2.59 bits per heavy atom. The number of benzene rings is 2. The summed E-state index contributed by atoms with van der Waals surface area (Å²) in [6.07, 6.45) is 1.55. The number of para-hydroxylation sites is 1. The summed E-state index contributed by atoms with van der Waals surface area (Å²) >= 11 is 0.996. The first-order chi connectivity index (χ1) is 13.8. The zero-order valence-corrected chi connectivity index (χ0v) is 17.2. The van der Waals surface area contributed by atoms with Crippen molar-refractivity contribution in [3.8, 4) is 10.4 Å². The molecule has 29 heavy (non-hydrogen) atoms. The number of furan rings is 1. The normalized spacial score (nSPS) is 11.7. The molecule has 0 unspecified atom stereocenters. The minimum atomic E-state index is -3.94. The average molecular weight is 428 g/mol. The number of carboxylic acids is 1. The van der Waals surface area contributed by atoms with E-state index in [1.165, 1.54) is 12.1 Å². The lowest BCUT2D eigenvalue weighted by molar-refractivity contribution is 0.0703. The van der Waals surface area contributed by atoms with Gasteiger partial charge in [0, 0.05) is 15.8 Å². The number of sulfonamides is 1. The first-order valence-electron chi connectivity index (χ1n) is 8.70. The van der Waals surface area contributed by atoms with Crippen molar-refractivity contribution in [3.63, 3.8) is 0 Å². The highest BCUT2D eigenvalue weighted by Gasteiger charge is 2.24. The second-order valence-corrected chi connectivity index (χ2v) is 9.38. The van der Waals surface area contributed by atoms with Crippen molar-refractivity contribution in [2.45, 2.75) is 18.7 Å². The van der Waals surface area contributed by atoms with Crippen molar-refractivity contribution < 1.29 is 22.7 Å². The number of hydrogen-bond acceptors (Lipinski definition) is 5. The maximum absolute atomic E-state index is 12.9. The van der Waals surface area contributed by atoms with Gasteiger partial charge in [0.25, 0.3) is 10.0 Å². The molecule has 8 heteroatoms. The van der Waals surface area contributed by atoms with Crippen LogP contribution in [0.2, 0.25) is 0 Å². The van der Waals surface area contributed by atoms with Gasteiger partial charge in [-0.15, -0.1) is 11.3 Å². The number of carbonyl (C=O) groups is 1. The fourth-order valence-electron chi connectivity index (χ4n) is 3.23. The lowest BCUT2D eigenvalue weighted by atomic mass is 10.1. The summed E-state index contributed by atoms with van der Waals surface area (Å²) in [6, 6.07) is 13.9. The second kappa shape index (κ2) is 7.06. The molecule has 2 aromatic carbocycles. The van der Waals surface area contributed by atoms with Crippen molar-refractivity contribution >= 4 is 44.0 Å². The smallest absolute Gasteiger partial charge is 0.348 e. The third-order valence-corrected chi connectivity index (χ3v) is 7.22. The molecule has 6 nitrogen and oxygen atoms in total. The molecule has 0 amide bonds. The molecular formula is C21H17NO5S2. The number of hydrogen-bond donors (Lipinski definition) is 2. The lowest BCUT2D eigenvalue weighted by Gasteiger charge is -2.10. The SMILES string of the molecule is Cc1ccc(S(=O)(=O)Nc2cc(-c3coc4ccccc34)sc2C(=O)O)c(C)c1. The summed E-state index contributed by atoms with van der Waals surface area (Å²) in [5, 5.41) is 10.4. The molecule has 0 fully saturated rings. The molecule has 2 N–H and O–H groups in total. The monoisotopic (exact) mass is 427 g/mol. The van der Waals surface area contributed by atoms with Crippen molar-refractivity contribution in [1.82, 2.24) is 0 Å². The molecule has 0 aliphatic heterocycles. The van der Waals surface area contributed by atoms with E-state index in [0.29, 0.717) is 21.6 Å². The Morgan fingerprint density at radius 2 is 1.86 bits per heavy atom. The predicted octanol–water partition coefficient (Wildman–Crippen LogP) is 5.28. The first kappa shape index (κ1) is 19.2. The van der Waals surface area contributed by atoms with Crippen LogP contribution in [0.25, 0.3) is 21.4 Å². The van der Waals surface area contributed by atoms with Crippen LogP contribution in [0.1, 0.15) is 20.8 Å². The molecule has 0 radical (unpaired) electrons. The highest BCUT2D eigenvalue weighted by atomic mass is 32.2. The molecule has 0 aliphatic rings. The van der Waals surface area contributed by atoms with Crippen LogP contribution in [-0.2, 0) is 10.0 Å². The standard InChI is InChI=1S/C21H17NO5S2/c1-12-7-8-19(13(2)9-12)29(25,26)22-16-10-18(28-20(16)21(23)24)15-11-27-17-6-4-3-5-14(15)17/h3-11,22H,1-2H3,(H,23,24). The quantitative estimate of drug-likeness (QED) is 0.452. The zero-order valence-electron chi connectivity index (χ0n) is 15.6. The number of rotatable bonds is 5. The van der Waals surface area contributed by atoms with Gasteiger partial charge in [-0.3, -0.25) is 4.72 Å². The number of fused-ring (bicyclic) bond motifs is 1. The number of aromatic carboxylic acids is 1. The predicted molar refractivity (Wildman–Crippen MR) is 113 cm³/mol. The molecule has 2 aromatic heterocycles. The van der Waals surface area contributed by atoms with E-state index >= 15 is 0 Å². The van der Waals surface area contributed by atoms with Gasteiger partial charge in [-0.05, 0) is 37.6 Å². The number of anilines is 1. The number of aryl methyl sites for hydroxylation is 2. The third kappa shape index (κ3) is 3.52. The van der Waals surface area contributed by atoms with Crippen LogP contribution in [0.5, 0.6) is 0 Å². The van der Waals surface area contributed by atoms with E-state index in [1.807, 2.05) is 31.2 Å². The summed E-state index contributed by atoms with van der Waals surface area (Å²) in [5.41, 5.74) is 2.95. The second-order valence-electron chi connectivity index (χ2n) is 6.68. The number of thiophene rings is 1. The van der Waals surface area contributed by atoms with Gasteiger partial charge >= 0.3 is 5.97 Å². The topological polar surface area (TPSA) is 96.6 Å². The van der Waals surface area contributed by atoms with E-state index in [0.717, 1.165) is 22.3 Å². The molecule has 0 saturated carbocycles. The molecule has 4 aromatic rings. The van der Waals surface area contributed by atoms with Crippen molar-refractivity contribution in [1.29, 1.82) is 0 Å². The maximum Gasteiger partial charge on any atom is 0.348 e. The summed E-state index contributed by atoms with van der Waals surface area (Å²) in [5.74, 6) is -1.20. The molecular weight excluding hydrogens is 410 g/mol. The van der Waals surface area contributed by atoms with E-state index in [1.54, 1.807) is 25.3 Å². The van der Waals surface area contributed by atoms with Crippen LogP contribution < -0.4 is 4.72 Å². The average Bonchev–Trinajstić information content (AvgIpc) is 3.24. The van der Waals surface area contributed by atoms with Gasteiger partial charge in [-0.2, -0.15) is 0 Å². The molecule has 0 spiro atoms. The Morgan fingerprint density at radius 1 is 1.10 bits per heavy atom. The number of carboxylic acid groups (broad SMARTS) is 1. The van der Waals surface area contributed by atoms with Gasteiger partial charge in [-0.25, -0.2) is 13.2 Å². The van der Waals surface area contributed by atoms with E-state index in [4.69, 9.17) is 4.42 Å². The summed E-state index contributed by atoms with van der Waals surface area (Å²) in [4.78, 5) is 12.4. The Hall–Kier alpha value is -3.10. The van der Waals surface area contributed by atoms with Crippen molar-refractivity contribution in [3.05, 3.63) is 70.8 Å². The van der Waals surface area contributed by atoms with Crippen LogP contribution in [0.4, 0.5) is 5.69 Å². The van der Waals surface area contributed by atoms with Crippen LogP contribution in [-0.4, -0.2) is 19.5 Å². The molecule has 148 valence electrons. The minimum absolute atomic E-state index is 0.0303. The maximum atomic E-state index is 12.9. The first-order valence-corrected chi connectivity index (χ1v) is 11.0. The van der Waals surface area contributed by atoms with Gasteiger partial charge in [0.15, 0.2) is 0 Å². The molecule has 4 rings (SSSR count). The summed E-state index contributed by atoms with van der Waals surface area (Å²) in [7, 11) is -3.94. The fraction of sp³-hybridized carbons (Fsp3) is 0.0952. The molecule has 0 bridgehead atoms. The Labute approximate surface area is 171 Å². The highest BCUT2D eigenvalue weighted by molar-refractivity contribution is 7.92. The van der Waals surface area contributed by atoms with Crippen LogP contribution in [0.3, 0.4) is 0 Å². The molecule has 0 atom stereocenters. The van der Waals surface area contributed by atoms with Crippen LogP contribution in [0.15, 0.2) is 64.1 Å². The largest absolute Gasteiger partial charge is 0.477 e. The lowest BCUT2D eigenvalue weighted by Crippen LogP contribution is -2.15. The van der Waals surface area contributed by atoms with Gasteiger partial charge < -0.3 is 9.52 Å². The van der Waals surface area contributed by atoms with E-state index < -0.39 is 16.0 Å². The zero-order chi connectivity index (χ0) is 20.8. The van der Waals surface area contributed by atoms with Crippen molar-refractivity contribution in [2.24, 2.45) is 0 Å². The molecule has 0 saturated heterocycles. The Kier molecular flexibility index (Phi) is 4.68. The van der Waals surface area contributed by atoms with Crippen molar-refractivity contribution in [2.75, 3.05) is 4.72 Å². The third-order valence-electron chi connectivity index (χ3n) is 4.54. The van der Waals surface area contributed by atoms with Gasteiger partial charge in [0.2, 0.25) is 0 Å². The number of nitrogens with one attached hydrogen (secondary N) is 1. The summed E-state index contributed by atoms with van der Waals surface area (Å²) < 4.78 is 33.8. The highest BCUT2D eigenvalue weighted by Crippen LogP contribution is 2.40. The van der Waals surface area contributed by atoms with Crippen LogP contribution >= 0.6 is 11.3 Å². The van der Waals surface area contributed by atoms with Gasteiger partial charge in [-0.1, -0.05) is 35.9 Å². The Balaban J connectivity index is 1.79. The minimum Gasteiger partial charge on any atom is -0.477 e.